The van der Waals surface area contributed by atoms with Gasteiger partial charge in [-0.1, -0.05) is 19.9 Å². The van der Waals surface area contributed by atoms with Crippen molar-refractivity contribution >= 4 is 17.5 Å². The van der Waals surface area contributed by atoms with Crippen LogP contribution in [0.4, 0.5) is 5.69 Å². The average molecular weight is 337 g/mol. The predicted molar refractivity (Wildman–Crippen MR) is 91.6 cm³/mol. The van der Waals surface area contributed by atoms with Crippen LogP contribution in [-0.2, 0) is 17.9 Å². The summed E-state index contributed by atoms with van der Waals surface area (Å²) in [5.41, 5.74) is 2.34. The summed E-state index contributed by atoms with van der Waals surface area (Å²) in [6.07, 6.45) is 0. The summed E-state index contributed by atoms with van der Waals surface area (Å²) in [5.74, 6) is -0.321. The molecule has 128 valence electrons. The van der Waals surface area contributed by atoms with Crippen molar-refractivity contribution in [2.24, 2.45) is 5.92 Å². The number of nitrogens with one attached hydrogen (secondary N) is 1. The standard InChI is InChI=1S/C18H19N5O2/c1-12(2)17(24)20-14-5-3-4-13(8-14)18(25)22-6-7-23-16(11-22)9-15(10-19)21-23/h3-5,8-9,12H,6-7,11H2,1-2H3,(H,20,24). The minimum atomic E-state index is -0.129. The molecule has 7 nitrogen and oxygen atoms in total. The van der Waals surface area contributed by atoms with Crippen LogP contribution in [0.25, 0.3) is 0 Å². The zero-order valence-electron chi connectivity index (χ0n) is 14.2. The number of fused-ring (bicyclic) bond motifs is 1. The molecular formula is C18H19N5O2. The van der Waals surface area contributed by atoms with Gasteiger partial charge >= 0.3 is 0 Å². The molecule has 3 rings (SSSR count). The number of hydrogen-bond donors (Lipinski definition) is 1. The monoisotopic (exact) mass is 337 g/mol. The molecule has 0 atom stereocenters. The van der Waals surface area contributed by atoms with Gasteiger partial charge in [0.2, 0.25) is 5.91 Å². The Labute approximate surface area is 145 Å². The largest absolute Gasteiger partial charge is 0.331 e. The Morgan fingerprint density at radius 1 is 1.28 bits per heavy atom. The highest BCUT2D eigenvalue weighted by molar-refractivity contribution is 5.97. The number of aromatic nitrogens is 2. The van der Waals surface area contributed by atoms with E-state index < -0.39 is 0 Å². The van der Waals surface area contributed by atoms with Crippen LogP contribution in [0.2, 0.25) is 0 Å². The van der Waals surface area contributed by atoms with Crippen LogP contribution >= 0.6 is 0 Å². The van der Waals surface area contributed by atoms with Crippen LogP contribution in [0.15, 0.2) is 30.3 Å². The lowest BCUT2D eigenvalue weighted by molar-refractivity contribution is -0.118. The Balaban J connectivity index is 1.75. The second-order valence-electron chi connectivity index (χ2n) is 6.31. The maximum atomic E-state index is 12.8. The first kappa shape index (κ1) is 16.7. The molecule has 2 amide bonds. The molecule has 25 heavy (non-hydrogen) atoms. The van der Waals surface area contributed by atoms with Crippen molar-refractivity contribution in [2.75, 3.05) is 11.9 Å². The van der Waals surface area contributed by atoms with Gasteiger partial charge in [0.25, 0.3) is 5.91 Å². The van der Waals surface area contributed by atoms with Crippen LogP contribution < -0.4 is 5.32 Å². The molecule has 7 heteroatoms. The predicted octanol–water partition coefficient (Wildman–Crippen LogP) is 2.01. The molecule has 0 saturated heterocycles. The lowest BCUT2D eigenvalue weighted by Crippen LogP contribution is -2.38. The van der Waals surface area contributed by atoms with Crippen molar-refractivity contribution in [2.45, 2.75) is 26.9 Å². The van der Waals surface area contributed by atoms with Crippen molar-refractivity contribution in [1.29, 1.82) is 5.26 Å². The molecule has 1 aromatic heterocycles. The van der Waals surface area contributed by atoms with E-state index in [2.05, 4.69) is 10.4 Å². The van der Waals surface area contributed by atoms with Gasteiger partial charge < -0.3 is 10.2 Å². The second-order valence-corrected chi connectivity index (χ2v) is 6.31. The van der Waals surface area contributed by atoms with Gasteiger partial charge in [-0.25, -0.2) is 0 Å². The van der Waals surface area contributed by atoms with Gasteiger partial charge in [0.15, 0.2) is 5.69 Å². The molecule has 2 aromatic rings. The van der Waals surface area contributed by atoms with E-state index in [0.717, 1.165) is 5.69 Å². The summed E-state index contributed by atoms with van der Waals surface area (Å²) in [6.45, 7) is 5.14. The Bertz CT molecular complexity index is 863. The summed E-state index contributed by atoms with van der Waals surface area (Å²) < 4.78 is 1.77. The quantitative estimate of drug-likeness (QED) is 0.927. The third-order valence-electron chi connectivity index (χ3n) is 4.10. The molecule has 0 spiro atoms. The normalized spacial score (nSPS) is 13.3. The number of rotatable bonds is 3. The molecule has 2 heterocycles. The average Bonchev–Trinajstić information content (AvgIpc) is 3.03. The van der Waals surface area contributed by atoms with Gasteiger partial charge in [0.1, 0.15) is 6.07 Å². The fraction of sp³-hybridized carbons (Fsp3) is 0.333. The molecule has 0 fully saturated rings. The van der Waals surface area contributed by atoms with E-state index in [1.54, 1.807) is 39.9 Å². The molecule has 1 N–H and O–H groups in total. The van der Waals surface area contributed by atoms with Crippen LogP contribution in [0.5, 0.6) is 0 Å². The van der Waals surface area contributed by atoms with Gasteiger partial charge in [-0.05, 0) is 24.3 Å². The highest BCUT2D eigenvalue weighted by atomic mass is 16.2. The maximum absolute atomic E-state index is 12.8. The van der Waals surface area contributed by atoms with Gasteiger partial charge in [-0.3, -0.25) is 14.3 Å². The van der Waals surface area contributed by atoms with Gasteiger partial charge in [0, 0.05) is 23.7 Å². The van der Waals surface area contributed by atoms with Crippen LogP contribution in [0.1, 0.15) is 35.6 Å². The Morgan fingerprint density at radius 3 is 2.80 bits per heavy atom. The number of carbonyl (C=O) groups is 2. The maximum Gasteiger partial charge on any atom is 0.254 e. The van der Waals surface area contributed by atoms with E-state index in [-0.39, 0.29) is 17.7 Å². The summed E-state index contributed by atoms with van der Waals surface area (Å²) in [5, 5.41) is 15.9. The van der Waals surface area contributed by atoms with Crippen LogP contribution in [0.3, 0.4) is 0 Å². The zero-order chi connectivity index (χ0) is 18.0. The number of hydrogen-bond acceptors (Lipinski definition) is 4. The third-order valence-corrected chi connectivity index (χ3v) is 4.10. The second kappa shape index (κ2) is 6.77. The lowest BCUT2D eigenvalue weighted by Gasteiger charge is -2.27. The molecule has 1 aliphatic heterocycles. The number of benzene rings is 1. The lowest BCUT2D eigenvalue weighted by atomic mass is 10.1. The van der Waals surface area contributed by atoms with E-state index in [9.17, 15) is 9.59 Å². The first-order chi connectivity index (χ1) is 12.0. The number of anilines is 1. The Kier molecular flexibility index (Phi) is 4.52. The molecule has 1 aliphatic rings. The summed E-state index contributed by atoms with van der Waals surface area (Å²) >= 11 is 0. The third kappa shape index (κ3) is 3.53. The highest BCUT2D eigenvalue weighted by Gasteiger charge is 2.23. The minimum absolute atomic E-state index is 0.0875. The Morgan fingerprint density at radius 2 is 2.08 bits per heavy atom. The van der Waals surface area contributed by atoms with Gasteiger partial charge in [-0.15, -0.1) is 0 Å². The van der Waals surface area contributed by atoms with Crippen molar-refractivity contribution < 1.29 is 9.59 Å². The summed E-state index contributed by atoms with van der Waals surface area (Å²) in [7, 11) is 0. The topological polar surface area (TPSA) is 91.0 Å². The van der Waals surface area contributed by atoms with Gasteiger partial charge in [-0.2, -0.15) is 10.4 Å². The molecule has 0 aliphatic carbocycles. The first-order valence-corrected chi connectivity index (χ1v) is 8.15. The van der Waals surface area contributed by atoms with E-state index >= 15 is 0 Å². The SMILES string of the molecule is CC(C)C(=O)Nc1cccc(C(=O)N2CCn3nc(C#N)cc3C2)c1. The number of nitrogens with zero attached hydrogens (tertiary/aromatic N) is 4. The van der Waals surface area contributed by atoms with Gasteiger partial charge in [0.05, 0.1) is 18.8 Å². The van der Waals surface area contributed by atoms with Crippen molar-refractivity contribution in [1.82, 2.24) is 14.7 Å². The number of carbonyl (C=O) groups excluding carboxylic acids is 2. The van der Waals surface area contributed by atoms with Crippen LogP contribution in [-0.4, -0.2) is 33.0 Å². The van der Waals surface area contributed by atoms with Crippen molar-refractivity contribution in [3.8, 4) is 6.07 Å². The fourth-order valence-corrected chi connectivity index (χ4v) is 2.69. The first-order valence-electron chi connectivity index (χ1n) is 8.15. The minimum Gasteiger partial charge on any atom is -0.331 e. The van der Waals surface area contributed by atoms with E-state index in [4.69, 9.17) is 5.26 Å². The van der Waals surface area contributed by atoms with Crippen molar-refractivity contribution in [3.05, 3.63) is 47.3 Å². The molecule has 0 bridgehead atoms. The molecule has 0 radical (unpaired) electrons. The fourth-order valence-electron chi connectivity index (χ4n) is 2.69. The van der Waals surface area contributed by atoms with Crippen molar-refractivity contribution in [3.63, 3.8) is 0 Å². The van der Waals surface area contributed by atoms with E-state index in [1.165, 1.54) is 0 Å². The zero-order valence-corrected chi connectivity index (χ0v) is 14.2. The number of amides is 2. The smallest absolute Gasteiger partial charge is 0.254 e. The number of nitriles is 1. The Hall–Kier alpha value is -3.14. The molecule has 1 aromatic carbocycles. The molecule has 0 saturated carbocycles. The van der Waals surface area contributed by atoms with E-state index in [0.29, 0.717) is 36.6 Å². The highest BCUT2D eigenvalue weighted by Crippen LogP contribution is 2.18. The summed E-state index contributed by atoms with van der Waals surface area (Å²) in [6, 6.07) is 10.7. The molecule has 0 unspecified atom stereocenters. The molecular weight excluding hydrogens is 318 g/mol. The van der Waals surface area contributed by atoms with E-state index in [1.807, 2.05) is 19.9 Å². The van der Waals surface area contributed by atoms with Crippen LogP contribution in [0, 0.1) is 17.2 Å². The summed E-state index contributed by atoms with van der Waals surface area (Å²) in [4.78, 5) is 26.3.